The number of hydrogen-bond donors (Lipinski definition) is 1. The van der Waals surface area contributed by atoms with Gasteiger partial charge in [-0.05, 0) is 51.0 Å². The Bertz CT molecular complexity index is 231. The van der Waals surface area contributed by atoms with Gasteiger partial charge in [0.15, 0.2) is 0 Å². The van der Waals surface area contributed by atoms with Crippen molar-refractivity contribution in [1.82, 2.24) is 5.32 Å². The average Bonchev–Trinajstić information content (AvgIpc) is 2.29. The topological polar surface area (TPSA) is 12.0 Å². The minimum Gasteiger partial charge on any atom is -0.316 e. The molecule has 2 rings (SSSR count). The highest BCUT2D eigenvalue weighted by Gasteiger charge is 2.31. The maximum atomic E-state index is 3.55. The fraction of sp³-hybridized carbons (Fsp3) is 1.00. The summed E-state index contributed by atoms with van der Waals surface area (Å²) in [6.07, 6.45) is 10.1. The first-order chi connectivity index (χ1) is 8.19. The molecule has 2 heteroatoms. The van der Waals surface area contributed by atoms with Crippen molar-refractivity contribution in [3.8, 4) is 0 Å². The summed E-state index contributed by atoms with van der Waals surface area (Å²) in [5.41, 5.74) is 0. The first kappa shape index (κ1) is 13.7. The highest BCUT2D eigenvalue weighted by Crippen LogP contribution is 2.40. The molecule has 1 nitrogen and oxygen atoms in total. The second kappa shape index (κ2) is 6.47. The summed E-state index contributed by atoms with van der Waals surface area (Å²) in [6.45, 7) is 4.87. The Morgan fingerprint density at radius 1 is 0.941 bits per heavy atom. The molecule has 100 valence electrons. The number of hydrogen-bond acceptors (Lipinski definition) is 2. The zero-order chi connectivity index (χ0) is 12.3. The third-order valence-electron chi connectivity index (χ3n) is 4.68. The van der Waals surface area contributed by atoms with Crippen LogP contribution in [0.15, 0.2) is 0 Å². The summed E-state index contributed by atoms with van der Waals surface area (Å²) in [7, 11) is 2.15. The lowest BCUT2D eigenvalue weighted by atomic mass is 9.87. The van der Waals surface area contributed by atoms with Crippen molar-refractivity contribution >= 4 is 11.8 Å². The molecule has 0 bridgehead atoms. The smallest absolute Gasteiger partial charge is 0.0206 e. The average molecular weight is 255 g/mol. The van der Waals surface area contributed by atoms with Crippen LogP contribution in [0.3, 0.4) is 0 Å². The molecular weight excluding hydrogens is 226 g/mol. The van der Waals surface area contributed by atoms with Crippen LogP contribution < -0.4 is 5.32 Å². The minimum absolute atomic E-state index is 0.772. The van der Waals surface area contributed by atoms with Crippen LogP contribution in [0.25, 0.3) is 0 Å². The summed E-state index contributed by atoms with van der Waals surface area (Å²) < 4.78 is 0. The molecule has 0 aliphatic heterocycles. The van der Waals surface area contributed by atoms with Gasteiger partial charge in [-0.25, -0.2) is 0 Å². The highest BCUT2D eigenvalue weighted by atomic mass is 32.2. The van der Waals surface area contributed by atoms with Crippen LogP contribution in [0.2, 0.25) is 0 Å². The summed E-state index contributed by atoms with van der Waals surface area (Å²) in [5.74, 6) is 1.91. The van der Waals surface area contributed by atoms with Gasteiger partial charge in [-0.1, -0.05) is 26.7 Å². The summed E-state index contributed by atoms with van der Waals surface area (Å²) >= 11 is 2.32. The number of rotatable bonds is 3. The van der Waals surface area contributed by atoms with E-state index in [0.29, 0.717) is 0 Å². The van der Waals surface area contributed by atoms with Gasteiger partial charge in [0.05, 0.1) is 0 Å². The monoisotopic (exact) mass is 255 g/mol. The lowest BCUT2D eigenvalue weighted by Gasteiger charge is -2.38. The van der Waals surface area contributed by atoms with Crippen LogP contribution >= 0.6 is 11.8 Å². The van der Waals surface area contributed by atoms with Crippen LogP contribution in [-0.4, -0.2) is 23.6 Å². The number of nitrogens with one attached hydrogen (secondary N) is 1. The lowest BCUT2D eigenvalue weighted by Crippen LogP contribution is -2.41. The minimum atomic E-state index is 0.772. The Labute approximate surface area is 112 Å². The zero-order valence-electron chi connectivity index (χ0n) is 11.7. The van der Waals surface area contributed by atoms with E-state index in [4.69, 9.17) is 0 Å². The molecule has 0 amide bonds. The van der Waals surface area contributed by atoms with Crippen molar-refractivity contribution in [2.75, 3.05) is 7.05 Å². The van der Waals surface area contributed by atoms with E-state index in [1.807, 2.05) is 0 Å². The molecule has 5 unspecified atom stereocenters. The SMILES string of the molecule is CNC1CCC(C)CC1SC1CCCC(C)C1. The van der Waals surface area contributed by atoms with E-state index >= 15 is 0 Å². The molecule has 0 heterocycles. The van der Waals surface area contributed by atoms with Crippen molar-refractivity contribution in [3.63, 3.8) is 0 Å². The van der Waals surface area contributed by atoms with Gasteiger partial charge in [0, 0.05) is 16.5 Å². The predicted octanol–water partition coefficient (Wildman–Crippen LogP) is 4.07. The second-order valence-corrected chi connectivity index (χ2v) is 7.93. The van der Waals surface area contributed by atoms with Crippen molar-refractivity contribution in [2.45, 2.75) is 75.3 Å². The van der Waals surface area contributed by atoms with Crippen molar-refractivity contribution in [2.24, 2.45) is 11.8 Å². The molecule has 0 saturated heterocycles. The third-order valence-corrected chi connectivity index (χ3v) is 6.36. The largest absolute Gasteiger partial charge is 0.316 e. The maximum Gasteiger partial charge on any atom is 0.0206 e. The number of thioether (sulfide) groups is 1. The molecule has 2 aliphatic carbocycles. The van der Waals surface area contributed by atoms with Gasteiger partial charge >= 0.3 is 0 Å². The summed E-state index contributed by atoms with van der Waals surface area (Å²) in [6, 6.07) is 0.772. The van der Waals surface area contributed by atoms with Gasteiger partial charge in [-0.15, -0.1) is 0 Å². The molecule has 0 spiro atoms. The van der Waals surface area contributed by atoms with Gasteiger partial charge in [-0.3, -0.25) is 0 Å². The van der Waals surface area contributed by atoms with E-state index in [1.165, 1.54) is 44.9 Å². The van der Waals surface area contributed by atoms with E-state index in [0.717, 1.165) is 28.4 Å². The molecule has 2 fully saturated rings. The maximum absolute atomic E-state index is 3.55. The second-order valence-electron chi connectivity index (χ2n) is 6.38. The molecule has 2 aliphatic rings. The summed E-state index contributed by atoms with van der Waals surface area (Å²) in [5, 5.41) is 5.38. The van der Waals surface area contributed by atoms with Crippen LogP contribution in [0.1, 0.15) is 58.8 Å². The molecule has 5 atom stereocenters. The van der Waals surface area contributed by atoms with E-state index in [9.17, 15) is 0 Å². The fourth-order valence-corrected chi connectivity index (χ4v) is 5.70. The van der Waals surface area contributed by atoms with Gasteiger partial charge in [-0.2, -0.15) is 11.8 Å². The standard InChI is InChI=1S/C15H29NS/c1-11-5-4-6-13(9-11)17-15-10-12(2)7-8-14(15)16-3/h11-16H,4-10H2,1-3H3. The van der Waals surface area contributed by atoms with Crippen molar-refractivity contribution in [3.05, 3.63) is 0 Å². The Kier molecular flexibility index (Phi) is 5.23. The first-order valence-electron chi connectivity index (χ1n) is 7.51. The normalized spacial score (nSPS) is 43.6. The van der Waals surface area contributed by atoms with E-state index in [1.54, 1.807) is 0 Å². The van der Waals surface area contributed by atoms with E-state index in [2.05, 4.69) is 38.0 Å². The highest BCUT2D eigenvalue weighted by molar-refractivity contribution is 8.00. The van der Waals surface area contributed by atoms with E-state index in [-0.39, 0.29) is 0 Å². The Morgan fingerprint density at radius 3 is 2.41 bits per heavy atom. The molecule has 1 N–H and O–H groups in total. The van der Waals surface area contributed by atoms with Crippen molar-refractivity contribution < 1.29 is 0 Å². The van der Waals surface area contributed by atoms with Gasteiger partial charge in [0.2, 0.25) is 0 Å². The first-order valence-corrected chi connectivity index (χ1v) is 8.46. The summed E-state index contributed by atoms with van der Waals surface area (Å²) in [4.78, 5) is 0. The lowest BCUT2D eigenvalue weighted by molar-refractivity contribution is 0.326. The fourth-order valence-electron chi connectivity index (χ4n) is 3.56. The molecule has 2 saturated carbocycles. The van der Waals surface area contributed by atoms with Gasteiger partial charge in [0.1, 0.15) is 0 Å². The Hall–Kier alpha value is 0.310. The molecular formula is C15H29NS. The molecule has 0 aromatic heterocycles. The van der Waals surface area contributed by atoms with Gasteiger partial charge < -0.3 is 5.32 Å². The van der Waals surface area contributed by atoms with Gasteiger partial charge in [0.25, 0.3) is 0 Å². The van der Waals surface area contributed by atoms with Crippen LogP contribution in [0, 0.1) is 11.8 Å². The van der Waals surface area contributed by atoms with Crippen LogP contribution in [-0.2, 0) is 0 Å². The molecule has 17 heavy (non-hydrogen) atoms. The van der Waals surface area contributed by atoms with Crippen LogP contribution in [0.4, 0.5) is 0 Å². The Balaban J connectivity index is 1.86. The molecule has 0 aromatic rings. The Morgan fingerprint density at radius 2 is 1.71 bits per heavy atom. The molecule has 0 radical (unpaired) electrons. The zero-order valence-corrected chi connectivity index (χ0v) is 12.6. The van der Waals surface area contributed by atoms with E-state index < -0.39 is 0 Å². The predicted molar refractivity (Wildman–Crippen MR) is 78.7 cm³/mol. The van der Waals surface area contributed by atoms with Crippen molar-refractivity contribution in [1.29, 1.82) is 0 Å². The third kappa shape index (κ3) is 3.89. The van der Waals surface area contributed by atoms with Crippen LogP contribution in [0.5, 0.6) is 0 Å². The quantitative estimate of drug-likeness (QED) is 0.815. The molecule has 0 aromatic carbocycles.